The molecule has 0 heterocycles. The fraction of sp³-hybridized carbons (Fsp3) is 0.571. The number of carbonyl (C=O) groups excluding carboxylic acids is 4. The van der Waals surface area contributed by atoms with Crippen LogP contribution in [0.2, 0.25) is 0 Å². The van der Waals surface area contributed by atoms with E-state index in [-0.39, 0.29) is 25.1 Å². The highest BCUT2D eigenvalue weighted by molar-refractivity contribution is 7.80. The molecule has 0 bridgehead atoms. The number of carboxylic acid groups (broad SMARTS) is 2. The molecule has 154 valence electrons. The summed E-state index contributed by atoms with van der Waals surface area (Å²) in [6.45, 7) is -0.348. The van der Waals surface area contributed by atoms with Crippen molar-refractivity contribution in [1.82, 2.24) is 16.0 Å². The van der Waals surface area contributed by atoms with E-state index < -0.39 is 59.9 Å². The molecule has 0 rings (SSSR count). The summed E-state index contributed by atoms with van der Waals surface area (Å²) in [6.07, 6.45) is -1.22. The molecule has 0 aliphatic rings. The molecule has 0 unspecified atom stereocenters. The molecule has 3 atom stereocenters. The predicted molar refractivity (Wildman–Crippen MR) is 98.6 cm³/mol. The standard InChI is InChI=1S/C14H21BN4O8S/c15-9(20)1-2-10(21)17-4-6(16)12(24)18-7(3-11(22)23)13(25)19-8(5-28)14(26)27/h6-8,28H,1-5,16H2,(H,17,21)(H,18,24)(H,19,25)(H,22,23)(H,26,27)/t6-,7-,8-/m0/s1. The van der Waals surface area contributed by atoms with Crippen LogP contribution in [0.4, 0.5) is 0 Å². The van der Waals surface area contributed by atoms with Gasteiger partial charge >= 0.3 is 11.9 Å². The smallest absolute Gasteiger partial charge is 0.327 e. The van der Waals surface area contributed by atoms with Crippen molar-refractivity contribution in [3.63, 3.8) is 0 Å². The molecule has 0 aliphatic carbocycles. The Bertz CT molecular complexity index is 632. The highest BCUT2D eigenvalue weighted by atomic mass is 32.1. The van der Waals surface area contributed by atoms with Crippen molar-refractivity contribution < 1.29 is 39.0 Å². The molecule has 2 radical (unpaired) electrons. The van der Waals surface area contributed by atoms with Gasteiger partial charge in [-0.15, -0.1) is 0 Å². The average Bonchev–Trinajstić information content (AvgIpc) is 2.60. The first-order valence-electron chi connectivity index (χ1n) is 7.94. The number of carbonyl (C=O) groups is 6. The number of aliphatic carboxylic acids is 2. The van der Waals surface area contributed by atoms with E-state index in [4.69, 9.17) is 23.8 Å². The number of hydrogen-bond acceptors (Lipinski definition) is 8. The summed E-state index contributed by atoms with van der Waals surface area (Å²) < 4.78 is 0. The minimum atomic E-state index is -1.59. The third kappa shape index (κ3) is 10.5. The summed E-state index contributed by atoms with van der Waals surface area (Å²) in [4.78, 5) is 68.0. The van der Waals surface area contributed by atoms with Gasteiger partial charge in [0.15, 0.2) is 7.85 Å². The Hall–Kier alpha value is -2.61. The second-order valence-corrected chi connectivity index (χ2v) is 5.98. The molecule has 0 saturated carbocycles. The third-order valence-corrected chi connectivity index (χ3v) is 3.63. The van der Waals surface area contributed by atoms with Crippen LogP contribution in [0.15, 0.2) is 0 Å². The van der Waals surface area contributed by atoms with Gasteiger partial charge in [-0.25, -0.2) is 4.79 Å². The van der Waals surface area contributed by atoms with E-state index in [1.807, 2.05) is 5.32 Å². The average molecular weight is 416 g/mol. The normalized spacial score (nSPS) is 13.5. The lowest BCUT2D eigenvalue weighted by Gasteiger charge is -2.21. The molecular weight excluding hydrogens is 395 g/mol. The first kappa shape index (κ1) is 25.4. The molecule has 0 aromatic rings. The Morgan fingerprint density at radius 1 is 0.964 bits per heavy atom. The van der Waals surface area contributed by atoms with Gasteiger partial charge in [0.1, 0.15) is 18.1 Å². The lowest BCUT2D eigenvalue weighted by atomic mass is 9.98. The van der Waals surface area contributed by atoms with Crippen molar-refractivity contribution in [1.29, 1.82) is 0 Å². The minimum absolute atomic E-state index is 0.190. The molecule has 0 fully saturated rings. The summed E-state index contributed by atoms with van der Waals surface area (Å²) in [5.74, 6) is -5.65. The molecule has 28 heavy (non-hydrogen) atoms. The van der Waals surface area contributed by atoms with Crippen LogP contribution >= 0.6 is 12.6 Å². The van der Waals surface area contributed by atoms with Crippen LogP contribution in [0, 0.1) is 0 Å². The number of nitrogens with two attached hydrogens (primary N) is 1. The topological polar surface area (TPSA) is 205 Å². The summed E-state index contributed by atoms with van der Waals surface area (Å²) >= 11 is 3.76. The summed E-state index contributed by atoms with van der Waals surface area (Å²) in [7, 11) is 4.90. The number of hydrogen-bond donors (Lipinski definition) is 7. The van der Waals surface area contributed by atoms with Crippen molar-refractivity contribution in [2.45, 2.75) is 37.4 Å². The monoisotopic (exact) mass is 416 g/mol. The van der Waals surface area contributed by atoms with E-state index in [0.29, 0.717) is 0 Å². The maximum Gasteiger partial charge on any atom is 0.327 e. The lowest BCUT2D eigenvalue weighted by Crippen LogP contribution is -2.57. The highest BCUT2D eigenvalue weighted by Gasteiger charge is 2.29. The summed E-state index contributed by atoms with van der Waals surface area (Å²) in [5.41, 5.74) is 4.89. The molecule has 14 heteroatoms. The Morgan fingerprint density at radius 2 is 1.54 bits per heavy atom. The van der Waals surface area contributed by atoms with Crippen LogP contribution in [-0.2, 0) is 28.8 Å². The lowest BCUT2D eigenvalue weighted by molar-refractivity contribution is -0.143. The van der Waals surface area contributed by atoms with Crippen molar-refractivity contribution >= 4 is 55.8 Å². The third-order valence-electron chi connectivity index (χ3n) is 3.26. The Balaban J connectivity index is 4.80. The molecule has 7 N–H and O–H groups in total. The van der Waals surface area contributed by atoms with Crippen LogP contribution in [0.1, 0.15) is 19.3 Å². The van der Waals surface area contributed by atoms with Crippen LogP contribution in [0.25, 0.3) is 0 Å². The van der Waals surface area contributed by atoms with Gasteiger partial charge in [0.2, 0.25) is 17.7 Å². The van der Waals surface area contributed by atoms with Gasteiger partial charge < -0.3 is 36.7 Å². The first-order valence-corrected chi connectivity index (χ1v) is 8.57. The molecule has 0 saturated heterocycles. The van der Waals surface area contributed by atoms with Gasteiger partial charge in [-0.2, -0.15) is 12.6 Å². The predicted octanol–water partition coefficient (Wildman–Crippen LogP) is -3.64. The van der Waals surface area contributed by atoms with Crippen molar-refractivity contribution in [3.8, 4) is 0 Å². The van der Waals surface area contributed by atoms with Gasteiger partial charge in [0.25, 0.3) is 0 Å². The summed E-state index contributed by atoms with van der Waals surface area (Å²) in [6, 6.07) is -4.31. The van der Waals surface area contributed by atoms with Crippen molar-refractivity contribution in [3.05, 3.63) is 0 Å². The maximum atomic E-state index is 12.1. The highest BCUT2D eigenvalue weighted by Crippen LogP contribution is 1.98. The molecule has 0 aliphatic heterocycles. The molecule has 12 nitrogen and oxygen atoms in total. The Morgan fingerprint density at radius 3 is 2.00 bits per heavy atom. The molecule has 0 aromatic heterocycles. The quantitative estimate of drug-likeness (QED) is 0.117. The second-order valence-electron chi connectivity index (χ2n) is 5.62. The molecular formula is C14H21BN4O8S. The maximum absolute atomic E-state index is 12.1. The van der Waals surface area contributed by atoms with Gasteiger partial charge in [0, 0.05) is 25.1 Å². The van der Waals surface area contributed by atoms with Crippen LogP contribution in [-0.4, -0.2) is 83.8 Å². The zero-order chi connectivity index (χ0) is 21.9. The van der Waals surface area contributed by atoms with Gasteiger partial charge in [0.05, 0.1) is 12.1 Å². The fourth-order valence-corrected chi connectivity index (χ4v) is 2.01. The number of nitrogens with one attached hydrogen (secondary N) is 3. The molecule has 0 aromatic carbocycles. The van der Waals surface area contributed by atoms with E-state index in [0.717, 1.165) is 0 Å². The zero-order valence-corrected chi connectivity index (χ0v) is 15.6. The van der Waals surface area contributed by atoms with Gasteiger partial charge in [-0.3, -0.25) is 19.2 Å². The first-order chi connectivity index (χ1) is 13.0. The largest absolute Gasteiger partial charge is 0.481 e. The minimum Gasteiger partial charge on any atom is -0.481 e. The van der Waals surface area contributed by atoms with Crippen LogP contribution in [0.3, 0.4) is 0 Å². The zero-order valence-electron chi connectivity index (χ0n) is 14.7. The number of carboxylic acids is 2. The number of rotatable bonds is 13. The van der Waals surface area contributed by atoms with E-state index in [2.05, 4.69) is 23.3 Å². The molecule has 0 spiro atoms. The SMILES string of the molecule is [B]C(=O)CCC(=O)NC[C@H](N)C(=O)N[C@@H](CC(=O)O)C(=O)N[C@@H](CS)C(=O)O. The fourth-order valence-electron chi connectivity index (χ4n) is 1.76. The second kappa shape index (κ2) is 12.7. The van der Waals surface area contributed by atoms with Gasteiger partial charge in [-0.05, 0) is 0 Å². The van der Waals surface area contributed by atoms with Crippen LogP contribution < -0.4 is 21.7 Å². The Labute approximate surface area is 166 Å². The Kier molecular flexibility index (Phi) is 11.5. The van der Waals surface area contributed by atoms with Crippen molar-refractivity contribution in [2.24, 2.45) is 5.73 Å². The van der Waals surface area contributed by atoms with Crippen molar-refractivity contribution in [2.75, 3.05) is 12.3 Å². The number of thiol groups is 1. The van der Waals surface area contributed by atoms with E-state index in [1.54, 1.807) is 0 Å². The number of amides is 3. The van der Waals surface area contributed by atoms with Gasteiger partial charge in [-0.1, -0.05) is 0 Å². The molecule has 3 amide bonds. The van der Waals surface area contributed by atoms with E-state index in [1.165, 1.54) is 0 Å². The van der Waals surface area contributed by atoms with E-state index in [9.17, 15) is 28.8 Å². The van der Waals surface area contributed by atoms with E-state index >= 15 is 0 Å². The summed E-state index contributed by atoms with van der Waals surface area (Å²) in [5, 5.41) is 24.2. The van der Waals surface area contributed by atoms with Crippen LogP contribution in [0.5, 0.6) is 0 Å².